The minimum Gasteiger partial charge on any atom is -0.494 e. The Hall–Kier alpha value is -3.40. The molecule has 0 N–H and O–H groups in total. The van der Waals surface area contributed by atoms with Crippen LogP contribution in [0.25, 0.3) is 0 Å². The van der Waals surface area contributed by atoms with Crippen molar-refractivity contribution in [3.8, 4) is 5.75 Å². The summed E-state index contributed by atoms with van der Waals surface area (Å²) in [7, 11) is 0. The lowest BCUT2D eigenvalue weighted by Crippen LogP contribution is -2.25. The number of amides is 1. The number of aliphatic imine (C=N–C) groups is 1. The third kappa shape index (κ3) is 3.47. The Morgan fingerprint density at radius 3 is 2.41 bits per heavy atom. The van der Waals surface area contributed by atoms with Gasteiger partial charge in [-0.05, 0) is 48.9 Å². The highest BCUT2D eigenvalue weighted by molar-refractivity contribution is 6.18. The average molecular weight is 356 g/mol. The van der Waals surface area contributed by atoms with Crippen LogP contribution in [0.2, 0.25) is 0 Å². The summed E-state index contributed by atoms with van der Waals surface area (Å²) in [5.41, 5.74) is 3.72. The quantitative estimate of drug-likeness (QED) is 0.681. The first-order valence-electron chi connectivity index (χ1n) is 9.03. The lowest BCUT2D eigenvalue weighted by atomic mass is 10.1. The molecule has 0 aliphatic carbocycles. The molecule has 4 nitrogen and oxygen atoms in total. The van der Waals surface area contributed by atoms with Crippen molar-refractivity contribution in [3.63, 3.8) is 0 Å². The van der Waals surface area contributed by atoms with E-state index in [1.54, 1.807) is 12.1 Å². The van der Waals surface area contributed by atoms with Gasteiger partial charge in [0.1, 0.15) is 11.6 Å². The molecule has 1 amide bonds. The predicted molar refractivity (Wildman–Crippen MR) is 108 cm³/mol. The van der Waals surface area contributed by atoms with Gasteiger partial charge in [0.2, 0.25) is 0 Å². The van der Waals surface area contributed by atoms with Crippen LogP contribution in [0.1, 0.15) is 28.4 Å². The molecule has 3 aromatic carbocycles. The number of carbonyl (C=O) groups excluding carboxylic acids is 1. The topological polar surface area (TPSA) is 41.9 Å². The van der Waals surface area contributed by atoms with Crippen LogP contribution in [0.3, 0.4) is 0 Å². The summed E-state index contributed by atoms with van der Waals surface area (Å²) in [5, 5.41) is 0. The average Bonchev–Trinajstić information content (AvgIpc) is 3.08. The number of benzene rings is 3. The second kappa shape index (κ2) is 7.46. The van der Waals surface area contributed by atoms with Gasteiger partial charge in [-0.25, -0.2) is 0 Å². The van der Waals surface area contributed by atoms with Gasteiger partial charge < -0.3 is 9.64 Å². The molecule has 0 unspecified atom stereocenters. The minimum absolute atomic E-state index is 0.238. The SMILES string of the molecule is CCOc1ccc(N2Cc3ccccc3C2=NC(=O)c2ccccc2)cc1. The van der Waals surface area contributed by atoms with E-state index in [9.17, 15) is 4.79 Å². The van der Waals surface area contributed by atoms with Gasteiger partial charge in [0.15, 0.2) is 0 Å². The van der Waals surface area contributed by atoms with Crippen LogP contribution < -0.4 is 9.64 Å². The largest absolute Gasteiger partial charge is 0.494 e. The zero-order valence-corrected chi connectivity index (χ0v) is 15.1. The molecule has 0 radical (unpaired) electrons. The molecule has 0 bridgehead atoms. The Morgan fingerprint density at radius 1 is 0.963 bits per heavy atom. The molecule has 1 aliphatic rings. The van der Waals surface area contributed by atoms with Gasteiger partial charge in [-0.3, -0.25) is 4.79 Å². The van der Waals surface area contributed by atoms with Crippen molar-refractivity contribution in [1.29, 1.82) is 0 Å². The smallest absolute Gasteiger partial charge is 0.278 e. The first kappa shape index (κ1) is 17.0. The number of nitrogens with zero attached hydrogens (tertiary/aromatic N) is 2. The van der Waals surface area contributed by atoms with Crippen molar-refractivity contribution in [2.24, 2.45) is 4.99 Å². The molecule has 0 atom stereocenters. The lowest BCUT2D eigenvalue weighted by Gasteiger charge is -2.19. The molecule has 0 saturated heterocycles. The van der Waals surface area contributed by atoms with E-state index < -0.39 is 0 Å². The highest BCUT2D eigenvalue weighted by Crippen LogP contribution is 2.30. The Bertz CT molecular complexity index is 979. The highest BCUT2D eigenvalue weighted by atomic mass is 16.5. The van der Waals surface area contributed by atoms with E-state index in [4.69, 9.17) is 4.74 Å². The fraction of sp³-hybridized carbons (Fsp3) is 0.130. The first-order valence-corrected chi connectivity index (χ1v) is 9.03. The summed E-state index contributed by atoms with van der Waals surface area (Å²) in [5.74, 6) is 1.28. The monoisotopic (exact) mass is 356 g/mol. The third-order valence-corrected chi connectivity index (χ3v) is 4.53. The zero-order chi connectivity index (χ0) is 18.6. The maximum absolute atomic E-state index is 12.7. The molecule has 0 saturated carbocycles. The number of hydrogen-bond acceptors (Lipinski definition) is 2. The van der Waals surface area contributed by atoms with Crippen molar-refractivity contribution in [2.45, 2.75) is 13.5 Å². The van der Waals surface area contributed by atoms with Crippen LogP contribution in [-0.2, 0) is 6.54 Å². The van der Waals surface area contributed by atoms with Crippen molar-refractivity contribution < 1.29 is 9.53 Å². The van der Waals surface area contributed by atoms with Crippen molar-refractivity contribution in [1.82, 2.24) is 0 Å². The fourth-order valence-electron chi connectivity index (χ4n) is 3.23. The summed E-state index contributed by atoms with van der Waals surface area (Å²) in [6.45, 7) is 3.28. The lowest BCUT2D eigenvalue weighted by molar-refractivity contribution is 0.100. The fourth-order valence-corrected chi connectivity index (χ4v) is 3.23. The van der Waals surface area contributed by atoms with Crippen LogP contribution in [0.5, 0.6) is 5.75 Å². The normalized spacial score (nSPS) is 14.3. The number of hydrogen-bond donors (Lipinski definition) is 0. The molecule has 1 heterocycles. The predicted octanol–water partition coefficient (Wildman–Crippen LogP) is 4.69. The van der Waals surface area contributed by atoms with E-state index in [0.717, 1.165) is 22.6 Å². The van der Waals surface area contributed by atoms with Gasteiger partial charge in [0, 0.05) is 16.8 Å². The van der Waals surface area contributed by atoms with Crippen LogP contribution in [0, 0.1) is 0 Å². The second-order valence-electron chi connectivity index (χ2n) is 6.28. The molecule has 0 fully saturated rings. The van der Waals surface area contributed by atoms with E-state index in [1.165, 1.54) is 0 Å². The van der Waals surface area contributed by atoms with Crippen molar-refractivity contribution in [3.05, 3.63) is 95.6 Å². The Kier molecular flexibility index (Phi) is 4.71. The summed E-state index contributed by atoms with van der Waals surface area (Å²) >= 11 is 0. The van der Waals surface area contributed by atoms with E-state index in [-0.39, 0.29) is 5.91 Å². The van der Waals surface area contributed by atoms with Crippen LogP contribution in [0.15, 0.2) is 83.9 Å². The third-order valence-electron chi connectivity index (χ3n) is 4.53. The van der Waals surface area contributed by atoms with Gasteiger partial charge in [-0.2, -0.15) is 4.99 Å². The standard InChI is InChI=1S/C23H20N2O2/c1-2-27-20-14-12-19(13-15-20)25-16-18-10-6-7-11-21(18)22(25)24-23(26)17-8-4-3-5-9-17/h3-15H,2,16H2,1H3. The Morgan fingerprint density at radius 2 is 1.67 bits per heavy atom. The van der Waals surface area contributed by atoms with E-state index in [1.807, 2.05) is 67.6 Å². The van der Waals surface area contributed by atoms with Gasteiger partial charge in [-0.15, -0.1) is 0 Å². The minimum atomic E-state index is -0.238. The first-order chi connectivity index (χ1) is 13.3. The number of amidine groups is 1. The number of carbonyl (C=O) groups is 1. The second-order valence-corrected chi connectivity index (χ2v) is 6.28. The number of fused-ring (bicyclic) bond motifs is 1. The Labute approximate surface area is 158 Å². The van der Waals surface area contributed by atoms with Gasteiger partial charge in [0.25, 0.3) is 5.91 Å². The maximum atomic E-state index is 12.7. The summed E-state index contributed by atoms with van der Waals surface area (Å²) in [4.78, 5) is 19.2. The van der Waals surface area contributed by atoms with Gasteiger partial charge in [0.05, 0.1) is 13.2 Å². The molecule has 134 valence electrons. The van der Waals surface area contributed by atoms with Crippen LogP contribution in [0.4, 0.5) is 5.69 Å². The maximum Gasteiger partial charge on any atom is 0.278 e. The molecular formula is C23H20N2O2. The summed E-state index contributed by atoms with van der Waals surface area (Å²) < 4.78 is 5.53. The molecule has 1 aliphatic heterocycles. The van der Waals surface area contributed by atoms with Crippen molar-refractivity contribution in [2.75, 3.05) is 11.5 Å². The molecule has 4 heteroatoms. The van der Waals surface area contributed by atoms with E-state index >= 15 is 0 Å². The molecule has 0 aromatic heterocycles. The molecule has 27 heavy (non-hydrogen) atoms. The number of rotatable bonds is 4. The van der Waals surface area contributed by atoms with Crippen molar-refractivity contribution >= 4 is 17.4 Å². The molecule has 4 rings (SSSR count). The summed E-state index contributed by atoms with van der Waals surface area (Å²) in [6, 6.07) is 25.1. The van der Waals surface area contributed by atoms with Crippen LogP contribution in [-0.4, -0.2) is 18.3 Å². The molecule has 3 aromatic rings. The molecular weight excluding hydrogens is 336 g/mol. The van der Waals surface area contributed by atoms with Crippen LogP contribution >= 0.6 is 0 Å². The van der Waals surface area contributed by atoms with Gasteiger partial charge >= 0.3 is 0 Å². The van der Waals surface area contributed by atoms with Gasteiger partial charge in [-0.1, -0.05) is 42.5 Å². The summed E-state index contributed by atoms with van der Waals surface area (Å²) in [6.07, 6.45) is 0. The van der Waals surface area contributed by atoms with E-state index in [2.05, 4.69) is 16.0 Å². The van der Waals surface area contributed by atoms with E-state index in [0.29, 0.717) is 24.6 Å². The highest BCUT2D eigenvalue weighted by Gasteiger charge is 2.27. The number of anilines is 1. The number of ether oxygens (including phenoxy) is 1. The Balaban J connectivity index is 1.72. The zero-order valence-electron chi connectivity index (χ0n) is 15.1. The molecule has 0 spiro atoms.